The Morgan fingerprint density at radius 2 is 1.92 bits per heavy atom. The Kier molecular flexibility index (Phi) is 5.35. The van der Waals surface area contributed by atoms with Crippen LogP contribution < -0.4 is 0 Å². The van der Waals surface area contributed by atoms with E-state index in [0.29, 0.717) is 0 Å². The Morgan fingerprint density at radius 3 is 2.25 bits per heavy atom. The molecule has 1 unspecified atom stereocenters. The fraction of sp³-hybridized carbons (Fsp3) is 0.545. The van der Waals surface area contributed by atoms with Crippen molar-refractivity contribution in [1.29, 1.82) is 0 Å². The Balaban J connectivity index is 4.04. The molecule has 0 N–H and O–H groups in total. The van der Waals surface area contributed by atoms with Crippen molar-refractivity contribution in [3.05, 3.63) is 24.3 Å². The Hall–Kier alpha value is -0.850. The largest absolute Gasteiger partial charge is 0.300 e. The van der Waals surface area contributed by atoms with Crippen LogP contribution in [0.4, 0.5) is 0 Å². The highest BCUT2D eigenvalue weighted by molar-refractivity contribution is 5.78. The van der Waals surface area contributed by atoms with Crippen LogP contribution in [0.5, 0.6) is 0 Å². The average molecular weight is 166 g/mol. The van der Waals surface area contributed by atoms with Crippen molar-refractivity contribution < 1.29 is 4.79 Å². The topological polar surface area (TPSA) is 17.1 Å². The summed E-state index contributed by atoms with van der Waals surface area (Å²) < 4.78 is 0. The summed E-state index contributed by atoms with van der Waals surface area (Å²) in [5.74, 6) is 0.393. The number of carbonyl (C=O) groups is 1. The van der Waals surface area contributed by atoms with E-state index in [2.05, 4.69) is 12.7 Å². The summed E-state index contributed by atoms with van der Waals surface area (Å²) >= 11 is 0. The number of Topliss-reactive ketones (excluding diaryl/α,β-unsaturated/α-hetero) is 1. The van der Waals surface area contributed by atoms with Crippen LogP contribution in [0.25, 0.3) is 0 Å². The van der Waals surface area contributed by atoms with Crippen molar-refractivity contribution in [2.24, 2.45) is 5.92 Å². The summed E-state index contributed by atoms with van der Waals surface area (Å²) in [5, 5.41) is 0. The molecule has 1 nitrogen and oxygen atoms in total. The summed E-state index contributed by atoms with van der Waals surface area (Å²) in [6.07, 6.45) is 5.56. The van der Waals surface area contributed by atoms with Crippen LogP contribution in [0.3, 0.4) is 0 Å². The van der Waals surface area contributed by atoms with Gasteiger partial charge in [0.2, 0.25) is 0 Å². The first kappa shape index (κ1) is 11.2. The zero-order valence-electron chi connectivity index (χ0n) is 8.26. The van der Waals surface area contributed by atoms with E-state index >= 15 is 0 Å². The van der Waals surface area contributed by atoms with Crippen molar-refractivity contribution in [2.45, 2.75) is 33.6 Å². The van der Waals surface area contributed by atoms with Gasteiger partial charge in [0, 0.05) is 5.92 Å². The van der Waals surface area contributed by atoms with Crippen LogP contribution in [0.1, 0.15) is 33.6 Å². The van der Waals surface area contributed by atoms with Crippen LogP contribution in [0.15, 0.2) is 24.3 Å². The zero-order valence-corrected chi connectivity index (χ0v) is 8.26. The van der Waals surface area contributed by atoms with Crippen LogP contribution in [-0.4, -0.2) is 5.78 Å². The third-order valence-corrected chi connectivity index (χ3v) is 1.84. The molecular weight excluding hydrogens is 148 g/mol. The highest BCUT2D eigenvalue weighted by Crippen LogP contribution is 2.12. The number of rotatable bonds is 5. The molecule has 0 bridgehead atoms. The first-order valence-corrected chi connectivity index (χ1v) is 4.32. The van der Waals surface area contributed by atoms with Crippen molar-refractivity contribution in [3.8, 4) is 0 Å². The van der Waals surface area contributed by atoms with E-state index in [1.807, 2.05) is 19.9 Å². The van der Waals surface area contributed by atoms with Gasteiger partial charge in [0.25, 0.3) is 0 Å². The molecule has 0 aromatic carbocycles. The predicted octanol–water partition coefficient (Wildman–Crippen LogP) is 3.12. The fourth-order valence-electron chi connectivity index (χ4n) is 1.01. The molecule has 0 aliphatic rings. The van der Waals surface area contributed by atoms with Gasteiger partial charge in [-0.15, -0.1) is 6.58 Å². The van der Waals surface area contributed by atoms with Crippen LogP contribution in [0.2, 0.25) is 0 Å². The molecule has 0 fully saturated rings. The predicted molar refractivity (Wildman–Crippen MR) is 53.0 cm³/mol. The van der Waals surface area contributed by atoms with Gasteiger partial charge in [-0.25, -0.2) is 0 Å². The Morgan fingerprint density at radius 1 is 1.33 bits per heavy atom. The lowest BCUT2D eigenvalue weighted by molar-refractivity contribution is -0.120. The molecule has 1 atom stereocenters. The zero-order chi connectivity index (χ0) is 9.56. The maximum atomic E-state index is 11.1. The van der Waals surface area contributed by atoms with Gasteiger partial charge in [0.05, 0.1) is 0 Å². The molecule has 0 aliphatic heterocycles. The molecule has 1 heteroatoms. The van der Waals surface area contributed by atoms with Gasteiger partial charge in [0.15, 0.2) is 0 Å². The van der Waals surface area contributed by atoms with E-state index < -0.39 is 0 Å². The lowest BCUT2D eigenvalue weighted by Gasteiger charge is -2.07. The number of ketones is 1. The van der Waals surface area contributed by atoms with Crippen LogP contribution in [-0.2, 0) is 4.79 Å². The molecule has 0 heterocycles. The molecule has 0 saturated carbocycles. The number of hydrogen-bond acceptors (Lipinski definition) is 1. The summed E-state index contributed by atoms with van der Waals surface area (Å²) in [4.78, 5) is 11.1. The van der Waals surface area contributed by atoms with E-state index in [0.717, 1.165) is 12.8 Å². The molecule has 0 rings (SSSR count). The molecule has 0 saturated heterocycles. The Bertz CT molecular complexity index is 185. The molecule has 0 aliphatic carbocycles. The number of carbonyl (C=O) groups excluding carboxylic acids is 1. The number of hydrogen-bond donors (Lipinski definition) is 0. The van der Waals surface area contributed by atoms with E-state index in [-0.39, 0.29) is 11.7 Å². The molecular formula is C11H18O. The van der Waals surface area contributed by atoms with E-state index in [1.54, 1.807) is 6.92 Å². The first-order chi connectivity index (χ1) is 5.57. The summed E-state index contributed by atoms with van der Waals surface area (Å²) in [6, 6.07) is 0. The van der Waals surface area contributed by atoms with Gasteiger partial charge in [-0.1, -0.05) is 17.7 Å². The highest BCUT2D eigenvalue weighted by atomic mass is 16.1. The lowest BCUT2D eigenvalue weighted by Crippen LogP contribution is -2.08. The Labute approximate surface area is 75.2 Å². The molecule has 0 spiro atoms. The minimum absolute atomic E-state index is 0.136. The molecule has 0 amide bonds. The molecule has 0 radical (unpaired) electrons. The van der Waals surface area contributed by atoms with Gasteiger partial charge in [-0.3, -0.25) is 4.79 Å². The van der Waals surface area contributed by atoms with Gasteiger partial charge in [-0.05, 0) is 33.6 Å². The minimum Gasteiger partial charge on any atom is -0.300 e. The smallest absolute Gasteiger partial charge is 0.133 e. The molecule has 0 aromatic heterocycles. The van der Waals surface area contributed by atoms with E-state index in [1.165, 1.54) is 5.57 Å². The quantitative estimate of drug-likeness (QED) is 0.573. The molecule has 12 heavy (non-hydrogen) atoms. The molecule has 68 valence electrons. The average Bonchev–Trinajstić information content (AvgIpc) is 1.96. The third-order valence-electron chi connectivity index (χ3n) is 1.84. The molecule has 0 aromatic rings. The van der Waals surface area contributed by atoms with Gasteiger partial charge in [-0.2, -0.15) is 0 Å². The minimum atomic E-state index is 0.136. The SMILES string of the molecule is C=CCC(CC=C(C)C)C(C)=O. The monoisotopic (exact) mass is 166 g/mol. The standard InChI is InChI=1S/C11H18O/c1-5-6-11(10(4)12)8-7-9(2)3/h5,7,11H,1,6,8H2,2-4H3. The van der Waals surface area contributed by atoms with Crippen molar-refractivity contribution >= 4 is 5.78 Å². The second-order valence-corrected chi connectivity index (χ2v) is 3.35. The maximum absolute atomic E-state index is 11.1. The van der Waals surface area contributed by atoms with E-state index in [9.17, 15) is 4.79 Å². The third kappa shape index (κ3) is 4.89. The van der Waals surface area contributed by atoms with E-state index in [4.69, 9.17) is 0 Å². The van der Waals surface area contributed by atoms with Crippen molar-refractivity contribution in [2.75, 3.05) is 0 Å². The lowest BCUT2D eigenvalue weighted by atomic mass is 9.96. The van der Waals surface area contributed by atoms with Crippen molar-refractivity contribution in [1.82, 2.24) is 0 Å². The van der Waals surface area contributed by atoms with Gasteiger partial charge < -0.3 is 0 Å². The van der Waals surface area contributed by atoms with Crippen LogP contribution in [0, 0.1) is 5.92 Å². The van der Waals surface area contributed by atoms with Gasteiger partial charge in [0.1, 0.15) is 5.78 Å². The second-order valence-electron chi connectivity index (χ2n) is 3.35. The summed E-state index contributed by atoms with van der Waals surface area (Å²) in [7, 11) is 0. The van der Waals surface area contributed by atoms with Crippen molar-refractivity contribution in [3.63, 3.8) is 0 Å². The highest BCUT2D eigenvalue weighted by Gasteiger charge is 2.09. The maximum Gasteiger partial charge on any atom is 0.133 e. The second kappa shape index (κ2) is 5.76. The fourth-order valence-corrected chi connectivity index (χ4v) is 1.01. The summed E-state index contributed by atoms with van der Waals surface area (Å²) in [6.45, 7) is 9.38. The number of allylic oxidation sites excluding steroid dienone is 3. The summed E-state index contributed by atoms with van der Waals surface area (Å²) in [5.41, 5.74) is 1.27. The first-order valence-electron chi connectivity index (χ1n) is 4.32. The normalized spacial score (nSPS) is 11.9. The van der Waals surface area contributed by atoms with Crippen LogP contribution >= 0.6 is 0 Å². The van der Waals surface area contributed by atoms with Gasteiger partial charge >= 0.3 is 0 Å².